The molecule has 2 saturated heterocycles. The third kappa shape index (κ3) is 6.11. The molecule has 63 heavy (non-hydrogen) atoms. The molecule has 8 bridgehead atoms. The first-order valence-corrected chi connectivity index (χ1v) is 27.1. The summed E-state index contributed by atoms with van der Waals surface area (Å²) in [7, 11) is 3.36. The van der Waals surface area contributed by atoms with Crippen LogP contribution in [-0.2, 0) is 20.7 Å². The third-order valence-electron chi connectivity index (χ3n) is 20.6. The van der Waals surface area contributed by atoms with Crippen LogP contribution in [0.5, 0.6) is 5.75 Å². The number of carbonyl (C=O) groups excluding carboxylic acids is 2. The van der Waals surface area contributed by atoms with Gasteiger partial charge in [0.1, 0.15) is 11.9 Å². The van der Waals surface area contributed by atoms with Crippen molar-refractivity contribution < 1.29 is 45.0 Å². The highest BCUT2D eigenvalue weighted by molar-refractivity contribution is 8.76. The number of fused-ring (bicyclic) bond motifs is 2. The lowest BCUT2D eigenvalue weighted by molar-refractivity contribution is -0.183. The predicted molar refractivity (Wildman–Crippen MR) is 246 cm³/mol. The Morgan fingerprint density at radius 1 is 0.937 bits per heavy atom. The van der Waals surface area contributed by atoms with Crippen LogP contribution in [0.4, 0.5) is 5.69 Å². The van der Waals surface area contributed by atoms with E-state index in [1.54, 1.807) is 39.8 Å². The van der Waals surface area contributed by atoms with E-state index >= 15 is 9.59 Å². The maximum Gasteiger partial charge on any atom is 0.234 e. The SMILES string of the molecule is CC(C)[C@@H](C)[C@@H]1O[C@H]1[C@](C)(O)[C@H]1CC[C@@]2(O)C3=CC(=O)[C@@]45CSSC[C@@H]6CCC[C@@H](CO)[C@@]67C(=O)N(CC76CCCC6)c6cc(O)cc(c6)CC[C@@]12CC[C@@H]3[C@@]4(C)C[C@H](O)[C@H](O)C5. The van der Waals surface area contributed by atoms with Crippen LogP contribution in [-0.4, -0.2) is 103 Å². The van der Waals surface area contributed by atoms with Gasteiger partial charge in [-0.3, -0.25) is 9.59 Å². The van der Waals surface area contributed by atoms with E-state index in [4.69, 9.17) is 4.74 Å². The normalized spacial score (nSPS) is 45.8. The van der Waals surface area contributed by atoms with Gasteiger partial charge in [-0.15, -0.1) is 0 Å². The average molecular weight is 908 g/mol. The number of nitrogens with zero attached hydrogens (tertiary/aromatic N) is 1. The van der Waals surface area contributed by atoms with Gasteiger partial charge < -0.3 is 40.3 Å². The fraction of sp³-hybridized carbons (Fsp3) is 0.804. The molecule has 5 saturated carbocycles. The van der Waals surface area contributed by atoms with E-state index in [2.05, 4.69) is 33.8 Å². The summed E-state index contributed by atoms with van der Waals surface area (Å²) in [5.41, 5.74) is -4.12. The number of carbonyl (C=O) groups is 2. The first-order valence-electron chi connectivity index (χ1n) is 24.6. The average Bonchev–Trinajstić information content (AvgIpc) is 3.71. The number of hydrogen-bond donors (Lipinski definition) is 6. The summed E-state index contributed by atoms with van der Waals surface area (Å²) >= 11 is 0. The van der Waals surface area contributed by atoms with Crippen LogP contribution in [0.15, 0.2) is 29.8 Å². The van der Waals surface area contributed by atoms with Crippen molar-refractivity contribution >= 4 is 39.0 Å². The Kier molecular flexibility index (Phi) is 11.1. The number of phenolic OH excluding ortho intramolecular Hbond substituents is 1. The van der Waals surface area contributed by atoms with Crippen molar-refractivity contribution in [1.82, 2.24) is 0 Å². The minimum atomic E-state index is -1.43. The topological polar surface area (TPSA) is 171 Å². The van der Waals surface area contributed by atoms with Gasteiger partial charge in [0.05, 0.1) is 40.3 Å². The Morgan fingerprint density at radius 3 is 2.41 bits per heavy atom. The first kappa shape index (κ1) is 45.2. The fourth-order valence-corrected chi connectivity index (χ4v) is 20.2. The number of aliphatic hydroxyl groups is 5. The number of amides is 1. The zero-order valence-electron chi connectivity index (χ0n) is 38.2. The van der Waals surface area contributed by atoms with Gasteiger partial charge >= 0.3 is 0 Å². The molecule has 348 valence electrons. The molecular formula is C51H73NO9S2. The van der Waals surface area contributed by atoms with Gasteiger partial charge in [0.15, 0.2) is 5.78 Å². The van der Waals surface area contributed by atoms with Crippen LogP contribution in [0.25, 0.3) is 0 Å². The van der Waals surface area contributed by atoms with Crippen LogP contribution in [0.2, 0.25) is 0 Å². The maximum absolute atomic E-state index is 15.7. The van der Waals surface area contributed by atoms with E-state index < -0.39 is 51.2 Å². The Balaban J connectivity index is 1.13. The summed E-state index contributed by atoms with van der Waals surface area (Å²) in [6.45, 7) is 11.1. The van der Waals surface area contributed by atoms with Crippen molar-refractivity contribution in [3.05, 3.63) is 35.4 Å². The van der Waals surface area contributed by atoms with Gasteiger partial charge in [-0.1, -0.05) is 68.5 Å². The summed E-state index contributed by atoms with van der Waals surface area (Å²) in [4.78, 5) is 32.9. The van der Waals surface area contributed by atoms with Crippen molar-refractivity contribution in [2.75, 3.05) is 29.6 Å². The molecule has 0 radical (unpaired) electrons. The molecule has 1 aromatic carbocycles. The minimum absolute atomic E-state index is 0.0122. The molecule has 6 N–H and O–H groups in total. The van der Waals surface area contributed by atoms with Crippen molar-refractivity contribution in [1.29, 1.82) is 0 Å². The summed E-state index contributed by atoms with van der Waals surface area (Å²) < 4.78 is 6.38. The van der Waals surface area contributed by atoms with E-state index in [-0.39, 0.29) is 78.0 Å². The van der Waals surface area contributed by atoms with E-state index in [0.717, 1.165) is 56.1 Å². The molecule has 10 nitrogen and oxygen atoms in total. The Hall–Kier alpha value is -1.64. The molecule has 15 atom stereocenters. The van der Waals surface area contributed by atoms with E-state index in [1.165, 1.54) is 0 Å². The zero-order valence-corrected chi connectivity index (χ0v) is 39.8. The second kappa shape index (κ2) is 15.4. The number of aliphatic hydroxyl groups excluding tert-OH is 3. The lowest BCUT2D eigenvalue weighted by Crippen LogP contribution is -2.67. The first-order chi connectivity index (χ1) is 29.9. The Bertz CT molecular complexity index is 2040. The van der Waals surface area contributed by atoms with Gasteiger partial charge in [-0.25, -0.2) is 0 Å². The maximum atomic E-state index is 15.7. The molecule has 1 amide bonds. The molecule has 5 aliphatic heterocycles. The number of aromatic hydroxyl groups is 1. The molecule has 0 aromatic heterocycles. The molecule has 12 rings (SSSR count). The van der Waals surface area contributed by atoms with E-state index in [0.29, 0.717) is 68.2 Å². The molecule has 6 aliphatic carbocycles. The number of allylic oxidation sites excluding steroid dienone is 1. The Morgan fingerprint density at radius 2 is 1.68 bits per heavy atom. The number of epoxide rings is 1. The number of benzene rings is 1. The highest BCUT2D eigenvalue weighted by Gasteiger charge is 2.75. The quantitative estimate of drug-likeness (QED) is 0.129. The Labute approximate surface area is 382 Å². The van der Waals surface area contributed by atoms with Crippen LogP contribution in [0.3, 0.4) is 0 Å². The van der Waals surface area contributed by atoms with Crippen molar-refractivity contribution in [3.63, 3.8) is 0 Å². The molecule has 12 heteroatoms. The van der Waals surface area contributed by atoms with Crippen LogP contribution < -0.4 is 4.90 Å². The number of ketones is 1. The van der Waals surface area contributed by atoms with E-state index in [1.807, 2.05) is 11.8 Å². The molecule has 1 aromatic rings. The number of ether oxygens (including phenoxy) is 1. The zero-order chi connectivity index (χ0) is 44.7. The lowest BCUT2D eigenvalue weighted by Gasteiger charge is -2.65. The van der Waals surface area contributed by atoms with Crippen molar-refractivity contribution in [2.24, 2.45) is 62.6 Å². The number of aryl methyl sites for hydroxylation is 1. The molecule has 0 unspecified atom stereocenters. The summed E-state index contributed by atoms with van der Waals surface area (Å²) in [5, 5.41) is 72.3. The molecule has 7 fully saturated rings. The van der Waals surface area contributed by atoms with Crippen LogP contribution in [0, 0.1) is 62.6 Å². The van der Waals surface area contributed by atoms with Crippen LogP contribution in [0.1, 0.15) is 130 Å². The smallest absolute Gasteiger partial charge is 0.234 e. The number of hydrogen-bond acceptors (Lipinski definition) is 11. The number of anilines is 1. The fourth-order valence-electron chi connectivity index (χ4n) is 17.0. The second-order valence-electron chi connectivity index (χ2n) is 23.2. The molecular weight excluding hydrogens is 835 g/mol. The lowest BCUT2D eigenvalue weighted by atomic mass is 9.41. The molecule has 4 spiro atoms. The standard InChI is InChI=1S/C51H73NO9S2/c1-29(2)30(3)42-43(61-42)46(5,59)40-13-18-50(60)37-22-41(57)49-24-39(56)38(55)23-45(49,4)36(37)12-17-48(40,50)16-11-31-19-34(21-35(54)20-31)52-27-47(14-6-7-15-47)51(44(52)58)32(25-53)9-8-10-33(51)26-62-63-28-49/h19-22,29-30,32-33,36,38-40,42-43,53-56,59-60H,6-18,23-28H2,1-5H3/t30-,32+,33+,36+,38+,39-,40-,42+,43-,45-,46-,48-,49-,50-,51+/m1/s1. The summed E-state index contributed by atoms with van der Waals surface area (Å²) in [6, 6.07) is 5.57. The van der Waals surface area contributed by atoms with Gasteiger partial charge in [0.2, 0.25) is 5.91 Å². The second-order valence-corrected chi connectivity index (χ2v) is 25.7. The van der Waals surface area contributed by atoms with Crippen LogP contribution >= 0.6 is 21.6 Å². The van der Waals surface area contributed by atoms with Gasteiger partial charge in [0, 0.05) is 47.2 Å². The van der Waals surface area contributed by atoms with Crippen molar-refractivity contribution in [2.45, 2.75) is 167 Å². The minimum Gasteiger partial charge on any atom is -0.508 e. The van der Waals surface area contributed by atoms with Gasteiger partial charge in [-0.05, 0) is 154 Å². The third-order valence-corrected chi connectivity index (χ3v) is 23.1. The summed E-state index contributed by atoms with van der Waals surface area (Å²) in [6.07, 6.45) is 9.24. The van der Waals surface area contributed by atoms with E-state index in [9.17, 15) is 30.6 Å². The monoisotopic (exact) mass is 907 g/mol. The molecule has 11 aliphatic rings. The molecule has 5 heterocycles. The van der Waals surface area contributed by atoms with Gasteiger partial charge in [0.25, 0.3) is 0 Å². The highest BCUT2D eigenvalue weighted by atomic mass is 33.1. The number of phenols is 1. The van der Waals surface area contributed by atoms with Gasteiger partial charge in [-0.2, -0.15) is 0 Å². The van der Waals surface area contributed by atoms with Crippen molar-refractivity contribution in [3.8, 4) is 5.75 Å². The number of rotatable bonds is 5. The highest BCUT2D eigenvalue weighted by Crippen LogP contribution is 2.74. The summed E-state index contributed by atoms with van der Waals surface area (Å²) in [5.74, 6) is 1.03. The predicted octanol–water partition coefficient (Wildman–Crippen LogP) is 7.39. The largest absolute Gasteiger partial charge is 0.508 e.